The fourth-order valence-electron chi connectivity index (χ4n) is 2.93. The van der Waals surface area contributed by atoms with Crippen LogP contribution in [0.2, 0.25) is 0 Å². The second kappa shape index (κ2) is 7.15. The summed E-state index contributed by atoms with van der Waals surface area (Å²) in [5, 5.41) is 16.8. The molecule has 1 saturated heterocycles. The van der Waals surface area contributed by atoms with Crippen LogP contribution in [0.5, 0.6) is 0 Å². The molecule has 2 N–H and O–H groups in total. The van der Waals surface area contributed by atoms with Crippen molar-refractivity contribution >= 4 is 22.9 Å². The second-order valence-electron chi connectivity index (χ2n) is 6.00. The van der Waals surface area contributed by atoms with Gasteiger partial charge in [0, 0.05) is 25.3 Å². The standard InChI is InChI=1S/C18H22N2O2S/c1-13-4-5-16(20-7-2-3-8-20)15(10-13)18(22)19-11-17(21)14-6-9-23-12-14/h4-6,9-10,12,17,21H,2-3,7-8,11H2,1H3,(H,19,22)/t17-/m1/s1. The van der Waals surface area contributed by atoms with Crippen LogP contribution in [0.4, 0.5) is 5.69 Å². The highest BCUT2D eigenvalue weighted by atomic mass is 32.1. The lowest BCUT2D eigenvalue weighted by atomic mass is 10.1. The predicted octanol–water partition coefficient (Wildman–Crippen LogP) is 3.12. The van der Waals surface area contributed by atoms with Crippen LogP contribution < -0.4 is 10.2 Å². The number of aryl methyl sites for hydroxylation is 1. The van der Waals surface area contributed by atoms with E-state index in [9.17, 15) is 9.90 Å². The molecule has 0 radical (unpaired) electrons. The van der Waals surface area contributed by atoms with E-state index >= 15 is 0 Å². The van der Waals surface area contributed by atoms with Gasteiger partial charge in [0.25, 0.3) is 5.91 Å². The van der Waals surface area contributed by atoms with E-state index in [1.54, 1.807) is 11.3 Å². The number of nitrogens with one attached hydrogen (secondary N) is 1. The number of hydrogen-bond donors (Lipinski definition) is 2. The van der Waals surface area contributed by atoms with E-state index in [0.717, 1.165) is 29.9 Å². The monoisotopic (exact) mass is 330 g/mol. The summed E-state index contributed by atoms with van der Waals surface area (Å²) in [5.41, 5.74) is 3.61. The fraction of sp³-hybridized carbons (Fsp3) is 0.389. The van der Waals surface area contributed by atoms with Crippen LogP contribution in [0.25, 0.3) is 0 Å². The highest BCUT2D eigenvalue weighted by Crippen LogP contribution is 2.26. The van der Waals surface area contributed by atoms with Crippen molar-refractivity contribution < 1.29 is 9.90 Å². The Labute approximate surface area is 140 Å². The lowest BCUT2D eigenvalue weighted by Gasteiger charge is -2.22. The largest absolute Gasteiger partial charge is 0.387 e. The summed E-state index contributed by atoms with van der Waals surface area (Å²) in [6, 6.07) is 7.89. The summed E-state index contributed by atoms with van der Waals surface area (Å²) < 4.78 is 0. The number of anilines is 1. The topological polar surface area (TPSA) is 52.6 Å². The molecule has 2 heterocycles. The molecule has 4 nitrogen and oxygen atoms in total. The molecule has 1 aliphatic heterocycles. The van der Waals surface area contributed by atoms with Crippen molar-refractivity contribution in [1.82, 2.24) is 5.32 Å². The summed E-state index contributed by atoms with van der Waals surface area (Å²) in [6.07, 6.45) is 1.68. The summed E-state index contributed by atoms with van der Waals surface area (Å²) in [5.74, 6) is -0.120. The van der Waals surface area contributed by atoms with Crippen LogP contribution in [0.3, 0.4) is 0 Å². The number of aliphatic hydroxyl groups excluding tert-OH is 1. The number of aliphatic hydroxyl groups is 1. The van der Waals surface area contributed by atoms with Gasteiger partial charge in [-0.1, -0.05) is 11.6 Å². The van der Waals surface area contributed by atoms with Crippen molar-refractivity contribution in [3.63, 3.8) is 0 Å². The Hall–Kier alpha value is -1.85. The average molecular weight is 330 g/mol. The molecule has 2 aromatic rings. The van der Waals surface area contributed by atoms with Gasteiger partial charge in [-0.05, 0) is 54.3 Å². The molecule has 122 valence electrons. The van der Waals surface area contributed by atoms with Gasteiger partial charge in [0.05, 0.1) is 11.7 Å². The molecule has 0 bridgehead atoms. The third kappa shape index (κ3) is 3.74. The van der Waals surface area contributed by atoms with Gasteiger partial charge < -0.3 is 15.3 Å². The molecule has 1 aromatic carbocycles. The maximum absolute atomic E-state index is 12.6. The van der Waals surface area contributed by atoms with Gasteiger partial charge in [-0.2, -0.15) is 11.3 Å². The van der Waals surface area contributed by atoms with Crippen LogP contribution >= 0.6 is 11.3 Å². The Morgan fingerprint density at radius 2 is 2.13 bits per heavy atom. The van der Waals surface area contributed by atoms with Gasteiger partial charge >= 0.3 is 0 Å². The van der Waals surface area contributed by atoms with Crippen LogP contribution in [-0.2, 0) is 0 Å². The van der Waals surface area contributed by atoms with Gasteiger partial charge in [0.2, 0.25) is 0 Å². The first-order chi connectivity index (χ1) is 11.1. The maximum Gasteiger partial charge on any atom is 0.253 e. The van der Waals surface area contributed by atoms with Gasteiger partial charge in [-0.25, -0.2) is 0 Å². The Balaban J connectivity index is 1.72. The van der Waals surface area contributed by atoms with Crippen molar-refractivity contribution in [2.24, 2.45) is 0 Å². The normalized spacial score (nSPS) is 15.7. The lowest BCUT2D eigenvalue weighted by Crippen LogP contribution is -2.30. The van der Waals surface area contributed by atoms with Crippen molar-refractivity contribution in [1.29, 1.82) is 0 Å². The molecular weight excluding hydrogens is 308 g/mol. The summed E-state index contributed by atoms with van der Waals surface area (Å²) in [6.45, 7) is 4.22. The number of hydrogen-bond acceptors (Lipinski definition) is 4. The zero-order chi connectivity index (χ0) is 16.2. The second-order valence-corrected chi connectivity index (χ2v) is 6.78. The molecular formula is C18H22N2O2S. The highest BCUT2D eigenvalue weighted by Gasteiger charge is 2.20. The van der Waals surface area contributed by atoms with Gasteiger partial charge in [0.1, 0.15) is 0 Å². The van der Waals surface area contributed by atoms with Gasteiger partial charge in [-0.15, -0.1) is 0 Å². The van der Waals surface area contributed by atoms with Gasteiger partial charge in [-0.3, -0.25) is 4.79 Å². The van der Waals surface area contributed by atoms with Crippen molar-refractivity contribution in [3.05, 3.63) is 51.7 Å². The first-order valence-electron chi connectivity index (χ1n) is 7.99. The van der Waals surface area contributed by atoms with E-state index in [4.69, 9.17) is 0 Å². The Kier molecular flexibility index (Phi) is 4.98. The third-order valence-corrected chi connectivity index (χ3v) is 4.93. The lowest BCUT2D eigenvalue weighted by molar-refractivity contribution is 0.0917. The zero-order valence-electron chi connectivity index (χ0n) is 13.3. The molecule has 23 heavy (non-hydrogen) atoms. The van der Waals surface area contributed by atoms with E-state index in [1.165, 1.54) is 12.8 Å². The number of amides is 1. The smallest absolute Gasteiger partial charge is 0.253 e. The molecule has 0 spiro atoms. The van der Waals surface area contributed by atoms with E-state index < -0.39 is 6.10 Å². The molecule has 1 fully saturated rings. The molecule has 0 saturated carbocycles. The van der Waals surface area contributed by atoms with Crippen LogP contribution in [-0.4, -0.2) is 30.6 Å². The minimum absolute atomic E-state index is 0.120. The van der Waals surface area contributed by atoms with E-state index in [2.05, 4.69) is 10.2 Å². The quantitative estimate of drug-likeness (QED) is 0.886. The van der Waals surface area contributed by atoms with Gasteiger partial charge in [0.15, 0.2) is 0 Å². The van der Waals surface area contributed by atoms with Crippen molar-refractivity contribution in [2.45, 2.75) is 25.9 Å². The Bertz CT molecular complexity index is 664. The van der Waals surface area contributed by atoms with Crippen LogP contribution in [0.1, 0.15) is 40.4 Å². The molecule has 1 aliphatic rings. The molecule has 1 atom stereocenters. The maximum atomic E-state index is 12.6. The van der Waals surface area contributed by atoms with Crippen LogP contribution in [0.15, 0.2) is 35.0 Å². The van der Waals surface area contributed by atoms with Crippen molar-refractivity contribution in [2.75, 3.05) is 24.5 Å². The van der Waals surface area contributed by atoms with E-state index in [0.29, 0.717) is 5.56 Å². The fourth-order valence-corrected chi connectivity index (χ4v) is 3.64. The Morgan fingerprint density at radius 1 is 1.35 bits per heavy atom. The highest BCUT2D eigenvalue weighted by molar-refractivity contribution is 7.07. The number of nitrogens with zero attached hydrogens (tertiary/aromatic N) is 1. The number of rotatable bonds is 5. The van der Waals surface area contributed by atoms with E-state index in [1.807, 2.05) is 41.9 Å². The summed E-state index contributed by atoms with van der Waals surface area (Å²) in [7, 11) is 0. The number of benzene rings is 1. The first kappa shape index (κ1) is 16.0. The number of thiophene rings is 1. The first-order valence-corrected chi connectivity index (χ1v) is 8.93. The molecule has 1 amide bonds. The number of carbonyl (C=O) groups excluding carboxylic acids is 1. The predicted molar refractivity (Wildman–Crippen MR) is 94.2 cm³/mol. The minimum Gasteiger partial charge on any atom is -0.387 e. The minimum atomic E-state index is -0.662. The zero-order valence-corrected chi connectivity index (χ0v) is 14.1. The summed E-state index contributed by atoms with van der Waals surface area (Å²) >= 11 is 1.54. The van der Waals surface area contributed by atoms with E-state index in [-0.39, 0.29) is 12.5 Å². The molecule has 0 aliphatic carbocycles. The molecule has 0 unspecified atom stereocenters. The molecule has 1 aromatic heterocycles. The Morgan fingerprint density at radius 3 is 2.83 bits per heavy atom. The molecule has 3 rings (SSSR count). The van der Waals surface area contributed by atoms with Crippen molar-refractivity contribution in [3.8, 4) is 0 Å². The average Bonchev–Trinajstić information content (AvgIpc) is 3.25. The SMILES string of the molecule is Cc1ccc(N2CCCC2)c(C(=O)NC[C@@H](O)c2ccsc2)c1. The number of carbonyl (C=O) groups is 1. The third-order valence-electron chi connectivity index (χ3n) is 4.23. The van der Waals surface area contributed by atoms with Crippen LogP contribution in [0, 0.1) is 6.92 Å². The summed E-state index contributed by atoms with van der Waals surface area (Å²) in [4.78, 5) is 14.9. The molecule has 5 heteroatoms.